The Kier molecular flexibility index (Phi) is 6.27. The standard InChI is InChI=1S/C14H27N3/c1-5-15-13(4)8-6-7-10-17-11-9-16-14(17)12(2)3/h9,11-13,15H,5-8,10H2,1-4H3. The molecule has 0 fully saturated rings. The lowest BCUT2D eigenvalue weighted by Gasteiger charge is -2.13. The lowest BCUT2D eigenvalue weighted by Crippen LogP contribution is -2.25. The highest BCUT2D eigenvalue weighted by atomic mass is 15.1. The molecule has 1 atom stereocenters. The maximum atomic E-state index is 4.41. The Morgan fingerprint density at radius 1 is 1.29 bits per heavy atom. The summed E-state index contributed by atoms with van der Waals surface area (Å²) in [6, 6.07) is 0.646. The molecule has 1 N–H and O–H groups in total. The summed E-state index contributed by atoms with van der Waals surface area (Å²) in [6.45, 7) is 11.0. The lowest BCUT2D eigenvalue weighted by atomic mass is 10.1. The molecule has 3 nitrogen and oxygen atoms in total. The van der Waals surface area contributed by atoms with E-state index in [1.807, 2.05) is 6.20 Å². The molecule has 98 valence electrons. The minimum Gasteiger partial charge on any atom is -0.335 e. The molecular weight excluding hydrogens is 210 g/mol. The van der Waals surface area contributed by atoms with E-state index in [9.17, 15) is 0 Å². The van der Waals surface area contributed by atoms with Gasteiger partial charge in [-0.25, -0.2) is 4.98 Å². The molecule has 1 aromatic heterocycles. The average molecular weight is 237 g/mol. The maximum Gasteiger partial charge on any atom is 0.111 e. The van der Waals surface area contributed by atoms with Crippen molar-refractivity contribution in [2.24, 2.45) is 0 Å². The van der Waals surface area contributed by atoms with E-state index in [-0.39, 0.29) is 0 Å². The van der Waals surface area contributed by atoms with Crippen LogP contribution in [0.15, 0.2) is 12.4 Å². The quantitative estimate of drug-likeness (QED) is 0.704. The summed E-state index contributed by atoms with van der Waals surface area (Å²) in [7, 11) is 0. The van der Waals surface area contributed by atoms with Crippen molar-refractivity contribution < 1.29 is 0 Å². The van der Waals surface area contributed by atoms with Gasteiger partial charge in [-0.2, -0.15) is 0 Å². The van der Waals surface area contributed by atoms with Gasteiger partial charge < -0.3 is 9.88 Å². The van der Waals surface area contributed by atoms with Crippen molar-refractivity contribution in [2.75, 3.05) is 6.54 Å². The number of rotatable bonds is 8. The molecule has 0 saturated heterocycles. The minimum absolute atomic E-state index is 0.519. The number of nitrogens with one attached hydrogen (secondary N) is 1. The molecule has 0 aliphatic heterocycles. The van der Waals surface area contributed by atoms with E-state index in [1.165, 1.54) is 25.1 Å². The minimum atomic E-state index is 0.519. The van der Waals surface area contributed by atoms with Crippen molar-refractivity contribution in [3.63, 3.8) is 0 Å². The fourth-order valence-electron chi connectivity index (χ4n) is 2.19. The van der Waals surface area contributed by atoms with Crippen LogP contribution < -0.4 is 5.32 Å². The first-order valence-electron chi connectivity index (χ1n) is 6.89. The molecule has 0 aromatic carbocycles. The first kappa shape index (κ1) is 14.2. The fourth-order valence-corrected chi connectivity index (χ4v) is 2.19. The predicted octanol–water partition coefficient (Wildman–Crippen LogP) is 3.17. The van der Waals surface area contributed by atoms with Crippen molar-refractivity contribution in [1.29, 1.82) is 0 Å². The van der Waals surface area contributed by atoms with E-state index in [0.29, 0.717) is 12.0 Å². The van der Waals surface area contributed by atoms with Gasteiger partial charge in [-0.1, -0.05) is 27.2 Å². The number of aryl methyl sites for hydroxylation is 1. The molecule has 0 bridgehead atoms. The highest BCUT2D eigenvalue weighted by Crippen LogP contribution is 2.13. The number of aromatic nitrogens is 2. The summed E-state index contributed by atoms with van der Waals surface area (Å²) >= 11 is 0. The van der Waals surface area contributed by atoms with Crippen molar-refractivity contribution in [3.05, 3.63) is 18.2 Å². The summed E-state index contributed by atoms with van der Waals surface area (Å²) in [5.74, 6) is 1.73. The second-order valence-electron chi connectivity index (χ2n) is 5.09. The van der Waals surface area contributed by atoms with Gasteiger partial charge in [-0.3, -0.25) is 0 Å². The summed E-state index contributed by atoms with van der Waals surface area (Å²) in [5.41, 5.74) is 0. The number of imidazole rings is 1. The van der Waals surface area contributed by atoms with Gasteiger partial charge in [0.2, 0.25) is 0 Å². The Balaban J connectivity index is 2.24. The highest BCUT2D eigenvalue weighted by Gasteiger charge is 2.06. The zero-order chi connectivity index (χ0) is 12.7. The Hall–Kier alpha value is -0.830. The van der Waals surface area contributed by atoms with E-state index in [2.05, 4.69) is 48.8 Å². The van der Waals surface area contributed by atoms with Gasteiger partial charge in [-0.05, 0) is 26.3 Å². The lowest BCUT2D eigenvalue weighted by molar-refractivity contribution is 0.480. The van der Waals surface area contributed by atoms with Crippen LogP contribution in [0, 0.1) is 0 Å². The van der Waals surface area contributed by atoms with Crippen LogP contribution in [-0.2, 0) is 6.54 Å². The van der Waals surface area contributed by atoms with Crippen LogP contribution in [0.25, 0.3) is 0 Å². The molecule has 1 unspecified atom stereocenters. The zero-order valence-electron chi connectivity index (χ0n) is 11.7. The highest BCUT2D eigenvalue weighted by molar-refractivity contribution is 4.97. The van der Waals surface area contributed by atoms with Crippen LogP contribution in [0.2, 0.25) is 0 Å². The number of hydrogen-bond donors (Lipinski definition) is 1. The summed E-state index contributed by atoms with van der Waals surface area (Å²) in [6.07, 6.45) is 7.80. The van der Waals surface area contributed by atoms with E-state index >= 15 is 0 Å². The number of hydrogen-bond acceptors (Lipinski definition) is 2. The Labute approximate surface area is 106 Å². The van der Waals surface area contributed by atoms with Gasteiger partial charge in [-0.15, -0.1) is 0 Å². The number of nitrogens with zero attached hydrogens (tertiary/aromatic N) is 2. The maximum absolute atomic E-state index is 4.41. The molecule has 3 heteroatoms. The van der Waals surface area contributed by atoms with Gasteiger partial charge in [0.1, 0.15) is 5.82 Å². The second kappa shape index (κ2) is 7.49. The molecule has 0 aliphatic rings. The Morgan fingerprint density at radius 2 is 2.06 bits per heavy atom. The third kappa shape index (κ3) is 4.90. The molecule has 0 spiro atoms. The van der Waals surface area contributed by atoms with E-state index < -0.39 is 0 Å². The first-order valence-corrected chi connectivity index (χ1v) is 6.89. The van der Waals surface area contributed by atoms with Crippen LogP contribution in [0.1, 0.15) is 58.7 Å². The van der Waals surface area contributed by atoms with Crippen LogP contribution in [0.5, 0.6) is 0 Å². The van der Waals surface area contributed by atoms with E-state index in [4.69, 9.17) is 0 Å². The molecule has 1 aromatic rings. The average Bonchev–Trinajstić information content (AvgIpc) is 2.73. The van der Waals surface area contributed by atoms with Crippen molar-refractivity contribution >= 4 is 0 Å². The molecule has 0 amide bonds. The molecule has 1 rings (SSSR count). The topological polar surface area (TPSA) is 29.9 Å². The zero-order valence-corrected chi connectivity index (χ0v) is 11.7. The third-order valence-electron chi connectivity index (χ3n) is 3.10. The van der Waals surface area contributed by atoms with Gasteiger partial charge in [0.25, 0.3) is 0 Å². The Bertz CT molecular complexity index is 304. The molecule has 17 heavy (non-hydrogen) atoms. The van der Waals surface area contributed by atoms with Crippen LogP contribution >= 0.6 is 0 Å². The molecule has 0 saturated carbocycles. The molecule has 0 aliphatic carbocycles. The molecule has 1 heterocycles. The van der Waals surface area contributed by atoms with Gasteiger partial charge >= 0.3 is 0 Å². The van der Waals surface area contributed by atoms with Crippen LogP contribution in [-0.4, -0.2) is 22.1 Å². The monoisotopic (exact) mass is 237 g/mol. The van der Waals surface area contributed by atoms with E-state index in [0.717, 1.165) is 13.1 Å². The van der Waals surface area contributed by atoms with Gasteiger partial charge in [0.15, 0.2) is 0 Å². The fraction of sp³-hybridized carbons (Fsp3) is 0.786. The number of unbranched alkanes of at least 4 members (excludes halogenated alkanes) is 1. The first-order chi connectivity index (χ1) is 8.15. The normalized spacial score (nSPS) is 13.2. The molecule has 0 radical (unpaired) electrons. The van der Waals surface area contributed by atoms with Crippen LogP contribution in [0.4, 0.5) is 0 Å². The predicted molar refractivity (Wildman–Crippen MR) is 73.3 cm³/mol. The second-order valence-corrected chi connectivity index (χ2v) is 5.09. The summed E-state index contributed by atoms with van der Waals surface area (Å²) < 4.78 is 2.29. The largest absolute Gasteiger partial charge is 0.335 e. The van der Waals surface area contributed by atoms with Gasteiger partial charge in [0, 0.05) is 30.9 Å². The Morgan fingerprint density at radius 3 is 2.71 bits per heavy atom. The molecular formula is C14H27N3. The third-order valence-corrected chi connectivity index (χ3v) is 3.10. The van der Waals surface area contributed by atoms with Crippen LogP contribution in [0.3, 0.4) is 0 Å². The summed E-state index contributed by atoms with van der Waals surface area (Å²) in [4.78, 5) is 4.41. The van der Waals surface area contributed by atoms with E-state index in [1.54, 1.807) is 0 Å². The van der Waals surface area contributed by atoms with Gasteiger partial charge in [0.05, 0.1) is 0 Å². The summed E-state index contributed by atoms with van der Waals surface area (Å²) in [5, 5.41) is 3.45. The van der Waals surface area contributed by atoms with Crippen molar-refractivity contribution in [2.45, 2.75) is 65.5 Å². The van der Waals surface area contributed by atoms with Crippen molar-refractivity contribution in [1.82, 2.24) is 14.9 Å². The smallest absolute Gasteiger partial charge is 0.111 e. The SMILES string of the molecule is CCNC(C)CCCCn1ccnc1C(C)C. The van der Waals surface area contributed by atoms with Crippen molar-refractivity contribution in [3.8, 4) is 0 Å².